The minimum Gasteiger partial charge on any atom is -0.465 e. The molecule has 0 saturated heterocycles. The number of hydrogen-bond acceptors (Lipinski definition) is 8. The normalized spacial score (nSPS) is 12.8. The van der Waals surface area contributed by atoms with E-state index >= 15 is 0 Å². The first-order valence-corrected chi connectivity index (χ1v) is 11.3. The number of methoxy groups -OCH3 is 2. The van der Waals surface area contributed by atoms with Gasteiger partial charge in [0.2, 0.25) is 5.91 Å². The van der Waals surface area contributed by atoms with Crippen LogP contribution in [0.15, 0.2) is 47.6 Å². The molecule has 1 amide bonds. The van der Waals surface area contributed by atoms with Gasteiger partial charge in [0.1, 0.15) is 5.82 Å². The number of ether oxygens (including phenoxy) is 2. The lowest BCUT2D eigenvalue weighted by atomic mass is 10.1. The molecule has 1 aromatic heterocycles. The van der Waals surface area contributed by atoms with E-state index in [4.69, 9.17) is 9.47 Å². The van der Waals surface area contributed by atoms with Crippen molar-refractivity contribution in [3.8, 4) is 11.4 Å². The lowest BCUT2D eigenvalue weighted by Gasteiger charge is -2.11. The summed E-state index contributed by atoms with van der Waals surface area (Å²) in [7, 11) is 2.43. The number of esters is 2. The van der Waals surface area contributed by atoms with Crippen molar-refractivity contribution in [3.63, 3.8) is 0 Å². The van der Waals surface area contributed by atoms with Crippen molar-refractivity contribution in [1.82, 2.24) is 14.8 Å². The average Bonchev–Trinajstić information content (AvgIpc) is 3.60. The van der Waals surface area contributed by atoms with Crippen molar-refractivity contribution in [1.29, 1.82) is 0 Å². The number of anilines is 1. The topological polar surface area (TPSA) is 112 Å². The smallest absolute Gasteiger partial charge is 0.337 e. The fraction of sp³-hybridized carbons (Fsp3) is 0.261. The average molecular weight is 485 g/mol. The number of benzene rings is 2. The molecule has 0 unspecified atom stereocenters. The van der Waals surface area contributed by atoms with Crippen molar-refractivity contribution in [2.45, 2.75) is 24.0 Å². The van der Waals surface area contributed by atoms with E-state index in [0.717, 1.165) is 12.8 Å². The lowest BCUT2D eigenvalue weighted by Crippen LogP contribution is -2.16. The molecule has 1 saturated carbocycles. The molecule has 1 fully saturated rings. The predicted molar refractivity (Wildman–Crippen MR) is 122 cm³/mol. The molecule has 34 heavy (non-hydrogen) atoms. The summed E-state index contributed by atoms with van der Waals surface area (Å²) in [5.74, 6) is -1.68. The first kappa shape index (κ1) is 23.4. The fourth-order valence-electron chi connectivity index (χ4n) is 3.36. The quantitative estimate of drug-likeness (QED) is 0.380. The van der Waals surface area contributed by atoms with Crippen molar-refractivity contribution in [2.24, 2.45) is 0 Å². The van der Waals surface area contributed by atoms with Gasteiger partial charge in [-0.1, -0.05) is 23.9 Å². The van der Waals surface area contributed by atoms with E-state index in [1.807, 2.05) is 4.57 Å². The van der Waals surface area contributed by atoms with Crippen molar-refractivity contribution < 1.29 is 28.2 Å². The summed E-state index contributed by atoms with van der Waals surface area (Å²) in [6, 6.07) is 10.7. The molecular formula is C23H21FN4O5S. The maximum atomic E-state index is 14.3. The largest absolute Gasteiger partial charge is 0.465 e. The molecule has 1 heterocycles. The number of carbonyl (C=O) groups excluding carboxylic acids is 3. The van der Waals surface area contributed by atoms with Gasteiger partial charge in [0.25, 0.3) is 0 Å². The van der Waals surface area contributed by atoms with Crippen molar-refractivity contribution in [3.05, 3.63) is 59.4 Å². The van der Waals surface area contributed by atoms with E-state index in [9.17, 15) is 18.8 Å². The Kier molecular flexibility index (Phi) is 6.92. The summed E-state index contributed by atoms with van der Waals surface area (Å²) in [4.78, 5) is 36.5. The maximum absolute atomic E-state index is 14.3. The van der Waals surface area contributed by atoms with Gasteiger partial charge < -0.3 is 14.8 Å². The number of nitrogens with zero attached hydrogens (tertiary/aromatic N) is 3. The van der Waals surface area contributed by atoms with E-state index in [1.54, 1.807) is 18.2 Å². The molecule has 1 N–H and O–H groups in total. The zero-order valence-electron chi connectivity index (χ0n) is 18.4. The first-order valence-electron chi connectivity index (χ1n) is 10.4. The number of amides is 1. The Labute approximate surface area is 198 Å². The third kappa shape index (κ3) is 5.09. The van der Waals surface area contributed by atoms with Crippen molar-refractivity contribution >= 4 is 35.3 Å². The summed E-state index contributed by atoms with van der Waals surface area (Å²) < 4.78 is 25.6. The van der Waals surface area contributed by atoms with Crippen LogP contribution in [0.3, 0.4) is 0 Å². The molecule has 1 aliphatic carbocycles. The third-order valence-electron chi connectivity index (χ3n) is 5.08. The molecule has 0 radical (unpaired) electrons. The highest BCUT2D eigenvalue weighted by Gasteiger charge is 2.31. The van der Waals surface area contributed by atoms with E-state index in [-0.39, 0.29) is 34.5 Å². The predicted octanol–water partition coefficient (Wildman–Crippen LogP) is 3.72. The molecular weight excluding hydrogens is 463 g/mol. The van der Waals surface area contributed by atoms with Crippen molar-refractivity contribution in [2.75, 3.05) is 25.3 Å². The number of thioether (sulfide) groups is 1. The van der Waals surface area contributed by atoms with Crippen LogP contribution in [-0.4, -0.2) is 52.6 Å². The van der Waals surface area contributed by atoms with Crippen LogP contribution in [0.4, 0.5) is 10.1 Å². The standard InChI is InChI=1S/C23H21FN4O5S/c1-32-21(30)13-9-14(22(31)33-2)11-15(10-13)25-19(29)12-34-23-27-26-20(28(23)16-7-8-16)17-5-3-4-6-18(17)24/h3-6,9-11,16H,7-8,12H2,1-2H3,(H,25,29). The Morgan fingerprint density at radius 1 is 1.06 bits per heavy atom. The summed E-state index contributed by atoms with van der Waals surface area (Å²) >= 11 is 1.17. The minimum absolute atomic E-state index is 0.0157. The minimum atomic E-state index is -0.658. The molecule has 11 heteroatoms. The van der Waals surface area contributed by atoms with Crippen LogP contribution in [0.1, 0.15) is 39.6 Å². The fourth-order valence-corrected chi connectivity index (χ4v) is 4.17. The Morgan fingerprint density at radius 2 is 1.71 bits per heavy atom. The van der Waals surface area contributed by atoms with Crippen LogP contribution in [0, 0.1) is 5.82 Å². The Balaban J connectivity index is 1.50. The molecule has 2 aromatic carbocycles. The highest BCUT2D eigenvalue weighted by molar-refractivity contribution is 7.99. The molecule has 1 aliphatic rings. The zero-order chi connectivity index (χ0) is 24.2. The van der Waals surface area contributed by atoms with Crippen LogP contribution >= 0.6 is 11.8 Å². The number of carbonyl (C=O) groups is 3. The zero-order valence-corrected chi connectivity index (χ0v) is 19.2. The third-order valence-corrected chi connectivity index (χ3v) is 6.03. The second-order valence-electron chi connectivity index (χ2n) is 7.51. The maximum Gasteiger partial charge on any atom is 0.337 e. The Bertz CT molecular complexity index is 1220. The molecule has 0 atom stereocenters. The van der Waals surface area contributed by atoms with Crippen LogP contribution in [0.25, 0.3) is 11.4 Å². The summed E-state index contributed by atoms with van der Waals surface area (Å²) in [6.07, 6.45) is 1.85. The molecule has 4 rings (SSSR count). The summed E-state index contributed by atoms with van der Waals surface area (Å²) in [5, 5.41) is 11.5. The van der Waals surface area contributed by atoms with Gasteiger partial charge in [0.05, 0.1) is 36.7 Å². The van der Waals surface area contributed by atoms with Gasteiger partial charge in [-0.2, -0.15) is 0 Å². The van der Waals surface area contributed by atoms with E-state index < -0.39 is 17.8 Å². The number of nitrogens with one attached hydrogen (secondary N) is 1. The van der Waals surface area contributed by atoms with Crippen LogP contribution in [-0.2, 0) is 14.3 Å². The van der Waals surface area contributed by atoms with Gasteiger partial charge in [-0.15, -0.1) is 10.2 Å². The summed E-state index contributed by atoms with van der Waals surface area (Å²) in [6.45, 7) is 0. The van der Waals surface area contributed by atoms with Gasteiger partial charge in [-0.25, -0.2) is 14.0 Å². The molecule has 0 bridgehead atoms. The van der Waals surface area contributed by atoms with Crippen LogP contribution in [0.2, 0.25) is 0 Å². The molecule has 176 valence electrons. The SMILES string of the molecule is COC(=O)c1cc(NC(=O)CSc2nnc(-c3ccccc3F)n2C2CC2)cc(C(=O)OC)c1. The van der Waals surface area contributed by atoms with Gasteiger partial charge >= 0.3 is 11.9 Å². The van der Waals surface area contributed by atoms with E-state index in [0.29, 0.717) is 16.5 Å². The summed E-state index contributed by atoms with van der Waals surface area (Å²) in [5.41, 5.74) is 0.783. The van der Waals surface area contributed by atoms with Gasteiger partial charge in [-0.3, -0.25) is 9.36 Å². The molecule has 9 nitrogen and oxygen atoms in total. The van der Waals surface area contributed by atoms with E-state index in [2.05, 4.69) is 15.5 Å². The molecule has 0 aliphatic heterocycles. The monoisotopic (exact) mass is 484 g/mol. The van der Waals surface area contributed by atoms with Crippen LogP contribution in [0.5, 0.6) is 0 Å². The second-order valence-corrected chi connectivity index (χ2v) is 8.45. The van der Waals surface area contributed by atoms with E-state index in [1.165, 1.54) is 50.2 Å². The highest BCUT2D eigenvalue weighted by atomic mass is 32.2. The van der Waals surface area contributed by atoms with Crippen LogP contribution < -0.4 is 5.32 Å². The first-order chi connectivity index (χ1) is 16.4. The number of rotatable bonds is 8. The molecule has 0 spiro atoms. The number of aromatic nitrogens is 3. The Morgan fingerprint density at radius 3 is 2.29 bits per heavy atom. The lowest BCUT2D eigenvalue weighted by molar-refractivity contribution is -0.113. The second kappa shape index (κ2) is 10.0. The highest BCUT2D eigenvalue weighted by Crippen LogP contribution is 2.41. The number of hydrogen-bond donors (Lipinski definition) is 1. The van der Waals surface area contributed by atoms with Gasteiger partial charge in [0, 0.05) is 11.7 Å². The van der Waals surface area contributed by atoms with Gasteiger partial charge in [0.15, 0.2) is 11.0 Å². The molecule has 3 aromatic rings. The number of halogens is 1. The Hall–Kier alpha value is -3.73. The van der Waals surface area contributed by atoms with Gasteiger partial charge in [-0.05, 0) is 43.2 Å².